The molecule has 0 unspecified atom stereocenters. The highest BCUT2D eigenvalue weighted by Crippen LogP contribution is 2.25. The van der Waals surface area contributed by atoms with Crippen molar-refractivity contribution < 1.29 is 14.6 Å². The Hall–Kier alpha value is -1.55. The van der Waals surface area contributed by atoms with Crippen molar-refractivity contribution in [2.75, 3.05) is 19.7 Å². The molecule has 0 bridgehead atoms. The lowest BCUT2D eigenvalue weighted by Crippen LogP contribution is -2.63. The van der Waals surface area contributed by atoms with Crippen LogP contribution >= 0.6 is 0 Å². The lowest BCUT2D eigenvalue weighted by atomic mass is 9.91. The molecule has 20 heavy (non-hydrogen) atoms. The average Bonchev–Trinajstić information content (AvgIpc) is 2.38. The van der Waals surface area contributed by atoms with Gasteiger partial charge >= 0.3 is 0 Å². The first-order valence-corrected chi connectivity index (χ1v) is 7.14. The number of amides is 1. The largest absolute Gasteiger partial charge is 0.493 e. The number of para-hydroxylation sites is 1. The smallest absolute Gasteiger partial charge is 0.226 e. The maximum Gasteiger partial charge on any atom is 0.226 e. The van der Waals surface area contributed by atoms with Crippen LogP contribution in [0.3, 0.4) is 0 Å². The quantitative estimate of drug-likeness (QED) is 0.896. The van der Waals surface area contributed by atoms with Gasteiger partial charge in [-0.25, -0.2) is 0 Å². The molecule has 1 N–H and O–H groups in total. The zero-order valence-electron chi connectivity index (χ0n) is 12.5. The first kappa shape index (κ1) is 14.9. The van der Waals surface area contributed by atoms with Crippen molar-refractivity contribution in [2.24, 2.45) is 0 Å². The summed E-state index contributed by atoms with van der Waals surface area (Å²) < 4.78 is 5.73. The molecule has 1 aliphatic rings. The minimum absolute atomic E-state index is 0.0503. The van der Waals surface area contributed by atoms with Gasteiger partial charge in [-0.3, -0.25) is 4.79 Å². The molecule has 1 aliphatic heterocycles. The van der Waals surface area contributed by atoms with Crippen LogP contribution in [0.4, 0.5) is 0 Å². The Morgan fingerprint density at radius 3 is 2.50 bits per heavy atom. The Labute approximate surface area is 120 Å². The Morgan fingerprint density at radius 1 is 1.35 bits per heavy atom. The van der Waals surface area contributed by atoms with Gasteiger partial charge in [-0.1, -0.05) is 25.1 Å². The standard InChI is InChI=1S/C16H23NO3/c1-4-16(19)10-17(11-16)14(18)8-9-20-15-12(2)6-5-7-13(15)3/h5-7,19H,4,8-11H2,1-3H3. The molecule has 0 radical (unpaired) electrons. The van der Waals surface area contributed by atoms with Gasteiger partial charge in [0.1, 0.15) is 5.75 Å². The van der Waals surface area contributed by atoms with E-state index in [0.29, 0.717) is 32.5 Å². The van der Waals surface area contributed by atoms with Gasteiger partial charge in [0, 0.05) is 0 Å². The zero-order chi connectivity index (χ0) is 14.8. The number of ether oxygens (including phenoxy) is 1. The highest BCUT2D eigenvalue weighted by atomic mass is 16.5. The maximum atomic E-state index is 11.9. The van der Waals surface area contributed by atoms with E-state index in [2.05, 4.69) is 0 Å². The van der Waals surface area contributed by atoms with E-state index < -0.39 is 5.60 Å². The fourth-order valence-corrected chi connectivity index (χ4v) is 2.49. The van der Waals surface area contributed by atoms with Crippen molar-refractivity contribution in [3.05, 3.63) is 29.3 Å². The molecular weight excluding hydrogens is 254 g/mol. The molecule has 4 heteroatoms. The van der Waals surface area contributed by atoms with E-state index in [1.165, 1.54) is 0 Å². The maximum absolute atomic E-state index is 11.9. The third-order valence-corrected chi connectivity index (χ3v) is 3.95. The van der Waals surface area contributed by atoms with Crippen molar-refractivity contribution >= 4 is 5.91 Å². The van der Waals surface area contributed by atoms with Crippen molar-refractivity contribution in [1.82, 2.24) is 4.90 Å². The first-order valence-electron chi connectivity index (χ1n) is 7.14. The normalized spacial score (nSPS) is 16.7. The third-order valence-electron chi connectivity index (χ3n) is 3.95. The molecule has 0 aliphatic carbocycles. The number of aliphatic hydroxyl groups is 1. The Kier molecular flexibility index (Phi) is 4.33. The second-order valence-electron chi connectivity index (χ2n) is 5.65. The Bertz CT molecular complexity index is 472. The average molecular weight is 277 g/mol. The van der Waals surface area contributed by atoms with Gasteiger partial charge in [0.05, 0.1) is 31.7 Å². The summed E-state index contributed by atoms with van der Waals surface area (Å²) in [7, 11) is 0. The molecule has 4 nitrogen and oxygen atoms in total. The number of hydrogen-bond acceptors (Lipinski definition) is 3. The molecular formula is C16H23NO3. The van der Waals surface area contributed by atoms with E-state index in [1.807, 2.05) is 39.0 Å². The van der Waals surface area contributed by atoms with Gasteiger partial charge in [-0.15, -0.1) is 0 Å². The Morgan fingerprint density at radius 2 is 1.95 bits per heavy atom. The molecule has 0 atom stereocenters. The summed E-state index contributed by atoms with van der Waals surface area (Å²) in [6.07, 6.45) is 1.04. The number of nitrogens with zero attached hydrogens (tertiary/aromatic N) is 1. The molecule has 1 heterocycles. The van der Waals surface area contributed by atoms with Crippen LogP contribution < -0.4 is 4.74 Å². The molecule has 0 spiro atoms. The molecule has 110 valence electrons. The van der Waals surface area contributed by atoms with Crippen LogP contribution in [0.1, 0.15) is 30.9 Å². The minimum Gasteiger partial charge on any atom is -0.493 e. The van der Waals surface area contributed by atoms with Crippen LogP contribution in [-0.2, 0) is 4.79 Å². The molecule has 2 rings (SSSR count). The topological polar surface area (TPSA) is 49.8 Å². The van der Waals surface area contributed by atoms with Crippen molar-refractivity contribution in [3.63, 3.8) is 0 Å². The number of β-amino-alcohol motifs (C(OH)–C–C–N with tert-alkyl or cyclic N) is 1. The van der Waals surface area contributed by atoms with Gasteiger partial charge in [0.2, 0.25) is 5.91 Å². The number of carbonyl (C=O) groups is 1. The zero-order valence-corrected chi connectivity index (χ0v) is 12.5. The van der Waals surface area contributed by atoms with Crippen molar-refractivity contribution in [2.45, 2.75) is 39.2 Å². The highest BCUT2D eigenvalue weighted by molar-refractivity contribution is 5.77. The summed E-state index contributed by atoms with van der Waals surface area (Å²) >= 11 is 0. The molecule has 1 aromatic carbocycles. The van der Waals surface area contributed by atoms with Crippen LogP contribution in [0.5, 0.6) is 5.75 Å². The first-order chi connectivity index (χ1) is 9.45. The monoisotopic (exact) mass is 277 g/mol. The number of aryl methyl sites for hydroxylation is 2. The van der Waals surface area contributed by atoms with E-state index in [0.717, 1.165) is 16.9 Å². The second kappa shape index (κ2) is 5.83. The van der Waals surface area contributed by atoms with E-state index in [9.17, 15) is 9.90 Å². The summed E-state index contributed by atoms with van der Waals surface area (Å²) in [6, 6.07) is 6.00. The van der Waals surface area contributed by atoms with E-state index in [-0.39, 0.29) is 5.91 Å². The Balaban J connectivity index is 1.78. The van der Waals surface area contributed by atoms with Gasteiger partial charge in [0.25, 0.3) is 0 Å². The minimum atomic E-state index is -0.664. The van der Waals surface area contributed by atoms with Crippen molar-refractivity contribution in [3.8, 4) is 5.75 Å². The highest BCUT2D eigenvalue weighted by Gasteiger charge is 2.41. The van der Waals surface area contributed by atoms with Crippen LogP contribution in [0.2, 0.25) is 0 Å². The van der Waals surface area contributed by atoms with Crippen LogP contribution in [0, 0.1) is 13.8 Å². The summed E-state index contributed by atoms with van der Waals surface area (Å²) in [5, 5.41) is 9.89. The van der Waals surface area contributed by atoms with E-state index >= 15 is 0 Å². The molecule has 0 saturated carbocycles. The molecule has 1 amide bonds. The fourth-order valence-electron chi connectivity index (χ4n) is 2.49. The second-order valence-corrected chi connectivity index (χ2v) is 5.65. The summed E-state index contributed by atoms with van der Waals surface area (Å²) in [5.41, 5.74) is 1.51. The fraction of sp³-hybridized carbons (Fsp3) is 0.562. The van der Waals surface area contributed by atoms with E-state index in [4.69, 9.17) is 4.74 Å². The summed E-state index contributed by atoms with van der Waals surface area (Å²) in [4.78, 5) is 13.6. The summed E-state index contributed by atoms with van der Waals surface area (Å²) in [6.45, 7) is 7.22. The number of hydrogen-bond donors (Lipinski definition) is 1. The predicted octanol–water partition coefficient (Wildman–Crippen LogP) is 2.06. The molecule has 1 aromatic rings. The van der Waals surface area contributed by atoms with Gasteiger partial charge in [-0.05, 0) is 31.4 Å². The lowest BCUT2D eigenvalue weighted by Gasteiger charge is -2.46. The number of benzene rings is 1. The van der Waals surface area contributed by atoms with E-state index in [1.54, 1.807) is 4.90 Å². The van der Waals surface area contributed by atoms with Gasteiger partial charge < -0.3 is 14.7 Å². The van der Waals surface area contributed by atoms with Gasteiger partial charge in [0.15, 0.2) is 0 Å². The number of carbonyl (C=O) groups excluding carboxylic acids is 1. The molecule has 1 fully saturated rings. The van der Waals surface area contributed by atoms with Crippen LogP contribution in [0.15, 0.2) is 18.2 Å². The molecule has 0 aromatic heterocycles. The predicted molar refractivity (Wildman–Crippen MR) is 77.8 cm³/mol. The third kappa shape index (κ3) is 3.12. The van der Waals surface area contributed by atoms with Gasteiger partial charge in [-0.2, -0.15) is 0 Å². The number of likely N-dealkylation sites (tertiary alicyclic amines) is 1. The summed E-state index contributed by atoms with van der Waals surface area (Å²) in [5.74, 6) is 0.920. The van der Waals surface area contributed by atoms with Crippen LogP contribution in [-0.4, -0.2) is 41.2 Å². The SMILES string of the molecule is CCC1(O)CN(C(=O)CCOc2c(C)cccc2C)C1. The van der Waals surface area contributed by atoms with Crippen LogP contribution in [0.25, 0.3) is 0 Å². The van der Waals surface area contributed by atoms with Crippen molar-refractivity contribution in [1.29, 1.82) is 0 Å². The molecule has 1 saturated heterocycles. The lowest BCUT2D eigenvalue weighted by molar-refractivity contribution is -0.156. The number of rotatable bonds is 5.